The lowest BCUT2D eigenvalue weighted by Gasteiger charge is -2.42. The SMILES string of the molecule is NC(=O)c1c(CCc2ccc(O)cc2)nn2c1NCCC2C1CCN(CC2CCN(C(=O)N3CCN(CC4CCN(c5ccc6c(c5)C(=O)N(C5CCC(=O)NC5=O)C6=O)CC4)CC3)CC2)CC1. The molecule has 8 heterocycles. The van der Waals surface area contributed by atoms with Crippen LogP contribution in [0, 0.1) is 17.8 Å². The van der Waals surface area contributed by atoms with Crippen molar-refractivity contribution in [1.82, 2.24) is 39.6 Å². The third kappa shape index (κ3) is 9.40. The summed E-state index contributed by atoms with van der Waals surface area (Å²) >= 11 is 0. The first kappa shape index (κ1) is 45.8. The Morgan fingerprint density at radius 3 is 2.03 bits per heavy atom. The molecule has 362 valence electrons. The second-order valence-electron chi connectivity index (χ2n) is 20.2. The molecule has 18 heteroatoms. The predicted molar refractivity (Wildman–Crippen MR) is 253 cm³/mol. The van der Waals surface area contributed by atoms with Crippen molar-refractivity contribution in [1.29, 1.82) is 0 Å². The van der Waals surface area contributed by atoms with Gasteiger partial charge in [-0.1, -0.05) is 12.1 Å². The molecule has 3 aromatic rings. The average molecular weight is 932 g/mol. The van der Waals surface area contributed by atoms with Crippen molar-refractivity contribution in [3.8, 4) is 5.75 Å². The quantitative estimate of drug-likeness (QED) is 0.204. The lowest BCUT2D eigenvalue weighted by atomic mass is 9.86. The number of piperazine rings is 1. The van der Waals surface area contributed by atoms with Gasteiger partial charge in [0, 0.05) is 84.1 Å². The van der Waals surface area contributed by atoms with E-state index in [4.69, 9.17) is 10.8 Å². The number of urea groups is 1. The number of nitrogens with two attached hydrogens (primary N) is 1. The van der Waals surface area contributed by atoms with Crippen LogP contribution in [0.25, 0.3) is 0 Å². The molecule has 1 aromatic heterocycles. The molecule has 68 heavy (non-hydrogen) atoms. The first-order valence-electron chi connectivity index (χ1n) is 25.0. The monoisotopic (exact) mass is 932 g/mol. The first-order chi connectivity index (χ1) is 33.0. The number of benzene rings is 2. The number of nitrogens with zero attached hydrogens (tertiary/aromatic N) is 8. The Morgan fingerprint density at radius 1 is 0.706 bits per heavy atom. The van der Waals surface area contributed by atoms with Gasteiger partial charge < -0.3 is 35.8 Å². The van der Waals surface area contributed by atoms with Gasteiger partial charge in [0.2, 0.25) is 11.8 Å². The number of rotatable bonds is 11. The average Bonchev–Trinajstić information content (AvgIpc) is 3.85. The minimum absolute atomic E-state index is 0.0912. The van der Waals surface area contributed by atoms with Gasteiger partial charge in [-0.25, -0.2) is 9.48 Å². The van der Waals surface area contributed by atoms with Gasteiger partial charge in [0.1, 0.15) is 23.2 Å². The van der Waals surface area contributed by atoms with Crippen LogP contribution in [0.3, 0.4) is 0 Å². The Balaban J connectivity index is 0.631. The van der Waals surface area contributed by atoms with Gasteiger partial charge in [0.25, 0.3) is 17.7 Å². The maximum atomic E-state index is 13.7. The Kier molecular flexibility index (Phi) is 13.1. The van der Waals surface area contributed by atoms with Crippen LogP contribution in [-0.2, 0) is 22.4 Å². The highest BCUT2D eigenvalue weighted by Gasteiger charge is 2.45. The normalized spacial score (nSPS) is 23.7. The number of anilines is 2. The van der Waals surface area contributed by atoms with E-state index in [1.165, 1.54) is 0 Å². The first-order valence-corrected chi connectivity index (χ1v) is 25.0. The van der Waals surface area contributed by atoms with Crippen LogP contribution in [0.15, 0.2) is 42.5 Å². The van der Waals surface area contributed by atoms with Crippen molar-refractivity contribution < 1.29 is 33.9 Å². The lowest BCUT2D eigenvalue weighted by molar-refractivity contribution is -0.136. The molecule has 5 fully saturated rings. The Hall–Kier alpha value is -6.01. The fraction of sp³-hybridized carbons (Fsp3) is 0.580. The molecule has 7 aliphatic rings. The van der Waals surface area contributed by atoms with Crippen LogP contribution in [0.2, 0.25) is 0 Å². The number of hydrogen-bond acceptors (Lipinski definition) is 12. The second kappa shape index (κ2) is 19.5. The Bertz CT molecular complexity index is 2410. The van der Waals surface area contributed by atoms with Gasteiger partial charge >= 0.3 is 6.03 Å². The molecular weight excluding hydrogens is 867 g/mol. The number of imide groups is 2. The molecule has 0 radical (unpaired) electrons. The van der Waals surface area contributed by atoms with Crippen molar-refractivity contribution in [3.05, 3.63) is 70.4 Å². The van der Waals surface area contributed by atoms with Crippen LogP contribution in [0.5, 0.6) is 5.75 Å². The van der Waals surface area contributed by atoms with Crippen molar-refractivity contribution in [2.24, 2.45) is 23.5 Å². The molecule has 5 saturated heterocycles. The molecule has 2 atom stereocenters. The minimum Gasteiger partial charge on any atom is -0.508 e. The number of phenolic OH excluding ortho intramolecular Hbond substituents is 1. The molecule has 7 aliphatic heterocycles. The van der Waals surface area contributed by atoms with E-state index in [0.29, 0.717) is 47.3 Å². The number of aromatic nitrogens is 2. The summed E-state index contributed by atoms with van der Waals surface area (Å²) in [4.78, 5) is 89.6. The summed E-state index contributed by atoms with van der Waals surface area (Å²) in [5.41, 5.74) is 9.73. The molecule has 5 N–H and O–H groups in total. The zero-order chi connectivity index (χ0) is 47.1. The third-order valence-corrected chi connectivity index (χ3v) is 16.0. The van der Waals surface area contributed by atoms with Crippen molar-refractivity contribution >= 4 is 47.1 Å². The summed E-state index contributed by atoms with van der Waals surface area (Å²) < 4.78 is 2.06. The van der Waals surface area contributed by atoms with Crippen LogP contribution >= 0.6 is 0 Å². The maximum Gasteiger partial charge on any atom is 0.320 e. The molecule has 18 nitrogen and oxygen atoms in total. The Morgan fingerprint density at radius 2 is 1.35 bits per heavy atom. The summed E-state index contributed by atoms with van der Waals surface area (Å²) in [6, 6.07) is 11.9. The summed E-state index contributed by atoms with van der Waals surface area (Å²) in [5.74, 6) is 0.153. The van der Waals surface area contributed by atoms with Crippen LogP contribution in [0.4, 0.5) is 16.3 Å². The van der Waals surface area contributed by atoms with Gasteiger partial charge in [-0.2, -0.15) is 5.10 Å². The van der Waals surface area contributed by atoms with E-state index in [2.05, 4.69) is 34.9 Å². The number of aryl methyl sites for hydroxylation is 2. The lowest BCUT2D eigenvalue weighted by Crippen LogP contribution is -2.55. The molecule has 0 spiro atoms. The highest BCUT2D eigenvalue weighted by molar-refractivity contribution is 6.23. The van der Waals surface area contributed by atoms with Crippen LogP contribution < -0.4 is 21.3 Å². The second-order valence-corrected chi connectivity index (χ2v) is 20.2. The van der Waals surface area contributed by atoms with Crippen LogP contribution in [-0.4, -0.2) is 166 Å². The minimum atomic E-state index is -0.975. The number of phenols is 1. The summed E-state index contributed by atoms with van der Waals surface area (Å²) in [6.07, 6.45) is 8.72. The molecule has 7 amide bonds. The number of carbonyl (C=O) groups excluding carboxylic acids is 6. The van der Waals surface area contributed by atoms with Gasteiger partial charge in [-0.15, -0.1) is 0 Å². The number of likely N-dealkylation sites (tertiary alicyclic amines) is 2. The summed E-state index contributed by atoms with van der Waals surface area (Å²) in [5, 5.41) is 20.4. The number of fused-ring (bicyclic) bond motifs is 2. The van der Waals surface area contributed by atoms with Gasteiger partial charge in [-0.05, 0) is 131 Å². The molecule has 0 aliphatic carbocycles. The fourth-order valence-electron chi connectivity index (χ4n) is 12.1. The number of piperidine rings is 4. The van der Waals surface area contributed by atoms with E-state index < -0.39 is 35.6 Å². The number of carbonyl (C=O) groups is 6. The zero-order valence-electron chi connectivity index (χ0n) is 39.0. The van der Waals surface area contributed by atoms with Gasteiger partial charge in [-0.3, -0.25) is 39.1 Å². The molecule has 10 rings (SSSR count). The van der Waals surface area contributed by atoms with Crippen molar-refractivity contribution in [2.75, 3.05) is 95.3 Å². The van der Waals surface area contributed by atoms with E-state index in [-0.39, 0.29) is 30.7 Å². The summed E-state index contributed by atoms with van der Waals surface area (Å²) in [6.45, 7) is 11.5. The molecule has 0 bridgehead atoms. The number of aromatic hydroxyl groups is 1. The zero-order valence-corrected chi connectivity index (χ0v) is 39.0. The smallest absolute Gasteiger partial charge is 0.320 e. The highest BCUT2D eigenvalue weighted by Crippen LogP contribution is 2.39. The standard InChI is InChI=1S/C50H65N11O7/c51-45(64)44-40(8-3-32-1-5-37(62)6-2-32)54-61-41(11-18-52-46(44)61)35-16-19-55(20-17-35)30-34-14-23-58(24-15-34)50(68)59-27-25-56(26-28-59)31-33-12-21-57(22-13-33)36-4-7-38-39(29-36)49(67)60(48(38)66)42-9-10-43(63)53-47(42)65/h1-2,4-7,29,33-35,41-42,52,62H,3,8-28,30-31H2,(H2,51,64)(H,53,63,65). The van der Waals surface area contributed by atoms with Crippen molar-refractivity contribution in [3.63, 3.8) is 0 Å². The van der Waals surface area contributed by atoms with E-state index in [0.717, 1.165) is 158 Å². The maximum absolute atomic E-state index is 13.7. The molecular formula is C50H65N11O7. The highest BCUT2D eigenvalue weighted by atomic mass is 16.3. The number of amides is 7. The molecule has 2 unspecified atom stereocenters. The van der Waals surface area contributed by atoms with E-state index in [1.54, 1.807) is 24.3 Å². The van der Waals surface area contributed by atoms with Crippen LogP contribution in [0.1, 0.15) is 106 Å². The van der Waals surface area contributed by atoms with Crippen molar-refractivity contribution in [2.45, 2.75) is 82.7 Å². The molecule has 2 aromatic carbocycles. The molecule has 0 saturated carbocycles. The predicted octanol–water partition coefficient (Wildman–Crippen LogP) is 3.31. The van der Waals surface area contributed by atoms with Gasteiger partial charge in [0.15, 0.2) is 0 Å². The fourth-order valence-corrected chi connectivity index (χ4v) is 12.1. The van der Waals surface area contributed by atoms with E-state index in [1.807, 2.05) is 23.1 Å². The van der Waals surface area contributed by atoms with E-state index >= 15 is 0 Å². The largest absolute Gasteiger partial charge is 0.508 e. The Labute approximate surface area is 397 Å². The van der Waals surface area contributed by atoms with Gasteiger partial charge in [0.05, 0.1) is 22.9 Å². The number of nitrogens with one attached hydrogen (secondary N) is 2. The topological polar surface area (TPSA) is 210 Å². The third-order valence-electron chi connectivity index (χ3n) is 16.0. The number of primary amides is 1. The van der Waals surface area contributed by atoms with E-state index in [9.17, 15) is 33.9 Å². The number of hydrogen-bond donors (Lipinski definition) is 4. The summed E-state index contributed by atoms with van der Waals surface area (Å²) in [7, 11) is 0.